The van der Waals surface area contributed by atoms with Crippen LogP contribution in [-0.2, 0) is 6.42 Å². The summed E-state index contributed by atoms with van der Waals surface area (Å²) in [5.41, 5.74) is 6.23. The van der Waals surface area contributed by atoms with E-state index < -0.39 is 11.9 Å². The predicted octanol–water partition coefficient (Wildman–Crippen LogP) is 3.71. The number of thiophene rings is 1. The van der Waals surface area contributed by atoms with Gasteiger partial charge >= 0.3 is 6.03 Å². The van der Waals surface area contributed by atoms with E-state index >= 15 is 0 Å². The zero-order chi connectivity index (χ0) is 15.4. The van der Waals surface area contributed by atoms with Crippen molar-refractivity contribution in [1.29, 1.82) is 0 Å². The van der Waals surface area contributed by atoms with Crippen molar-refractivity contribution in [3.63, 3.8) is 0 Å². The van der Waals surface area contributed by atoms with Crippen molar-refractivity contribution in [1.82, 2.24) is 0 Å². The Morgan fingerprint density at radius 1 is 1.24 bits per heavy atom. The molecule has 0 saturated carbocycles. The fraction of sp³-hybridized carbons (Fsp3) is 0.143. The van der Waals surface area contributed by atoms with Crippen LogP contribution in [0.3, 0.4) is 0 Å². The van der Waals surface area contributed by atoms with Gasteiger partial charge in [-0.3, -0.25) is 10.1 Å². The van der Waals surface area contributed by atoms with Gasteiger partial charge in [-0.05, 0) is 36.8 Å². The highest BCUT2D eigenvalue weighted by Crippen LogP contribution is 2.28. The normalized spacial score (nSPS) is 10.2. The van der Waals surface area contributed by atoms with Crippen molar-refractivity contribution < 1.29 is 9.59 Å². The third-order valence-electron chi connectivity index (χ3n) is 2.73. The monoisotopic (exact) mass is 323 g/mol. The molecule has 3 amide bonds. The summed E-state index contributed by atoms with van der Waals surface area (Å²) in [4.78, 5) is 24.3. The van der Waals surface area contributed by atoms with E-state index in [1.807, 2.05) is 6.92 Å². The second kappa shape index (κ2) is 6.60. The van der Waals surface area contributed by atoms with Gasteiger partial charge in [0.1, 0.15) is 5.00 Å². The Bertz CT molecular complexity index is 667. The lowest BCUT2D eigenvalue weighted by molar-refractivity contribution is 0.100. The predicted molar refractivity (Wildman–Crippen MR) is 86.3 cm³/mol. The van der Waals surface area contributed by atoms with Crippen LogP contribution in [0.15, 0.2) is 30.3 Å². The van der Waals surface area contributed by atoms with E-state index in [9.17, 15) is 9.59 Å². The minimum absolute atomic E-state index is 0.322. The van der Waals surface area contributed by atoms with Gasteiger partial charge in [0.25, 0.3) is 5.91 Å². The highest BCUT2D eigenvalue weighted by molar-refractivity contribution is 7.16. The van der Waals surface area contributed by atoms with Crippen molar-refractivity contribution in [2.24, 2.45) is 5.73 Å². The lowest BCUT2D eigenvalue weighted by Crippen LogP contribution is -2.21. The Hall–Kier alpha value is -2.05. The Morgan fingerprint density at radius 2 is 1.90 bits per heavy atom. The van der Waals surface area contributed by atoms with Crippen LogP contribution in [0.4, 0.5) is 15.5 Å². The molecule has 110 valence electrons. The first-order valence-electron chi connectivity index (χ1n) is 6.25. The zero-order valence-corrected chi connectivity index (χ0v) is 12.8. The molecule has 0 aliphatic carbocycles. The maximum atomic E-state index is 11.9. The number of nitrogens with one attached hydrogen (secondary N) is 2. The van der Waals surface area contributed by atoms with E-state index in [-0.39, 0.29) is 0 Å². The maximum Gasteiger partial charge on any atom is 0.324 e. The smallest absolute Gasteiger partial charge is 0.324 e. The van der Waals surface area contributed by atoms with Crippen molar-refractivity contribution in [2.45, 2.75) is 13.3 Å². The average Bonchev–Trinajstić information content (AvgIpc) is 2.84. The van der Waals surface area contributed by atoms with Crippen LogP contribution in [0.2, 0.25) is 5.02 Å². The molecule has 0 atom stereocenters. The molecule has 2 rings (SSSR count). The molecule has 0 fully saturated rings. The molecule has 0 bridgehead atoms. The standard InChI is InChI=1S/C14H14ClN3O2S/c1-2-10-7-11(12(16)19)13(21-10)18-14(20)17-9-5-3-8(15)4-6-9/h3-7H,2H2,1H3,(H2,16,19)(H2,17,18,20). The van der Waals surface area contributed by atoms with Crippen molar-refractivity contribution >= 4 is 45.6 Å². The Balaban J connectivity index is 2.10. The lowest BCUT2D eigenvalue weighted by atomic mass is 10.2. The third-order valence-corrected chi connectivity index (χ3v) is 4.17. The van der Waals surface area contributed by atoms with Gasteiger partial charge < -0.3 is 11.1 Å². The summed E-state index contributed by atoms with van der Waals surface area (Å²) >= 11 is 7.11. The molecule has 0 spiro atoms. The molecule has 1 aromatic heterocycles. The number of benzene rings is 1. The molecule has 0 aliphatic heterocycles. The van der Waals surface area contributed by atoms with Crippen LogP contribution < -0.4 is 16.4 Å². The molecule has 21 heavy (non-hydrogen) atoms. The molecule has 4 N–H and O–H groups in total. The molecule has 0 aliphatic rings. The number of rotatable bonds is 4. The SMILES string of the molecule is CCc1cc(C(N)=O)c(NC(=O)Nc2ccc(Cl)cc2)s1. The number of amides is 3. The number of primary amides is 1. The van der Waals surface area contributed by atoms with Gasteiger partial charge in [0.15, 0.2) is 0 Å². The number of halogens is 1. The van der Waals surface area contributed by atoms with Gasteiger partial charge in [-0.25, -0.2) is 4.79 Å². The number of aryl methyl sites for hydroxylation is 1. The van der Waals surface area contributed by atoms with E-state index in [1.165, 1.54) is 11.3 Å². The Kier molecular flexibility index (Phi) is 4.82. The van der Waals surface area contributed by atoms with Crippen LogP contribution in [-0.4, -0.2) is 11.9 Å². The minimum atomic E-state index is -0.562. The summed E-state index contributed by atoms with van der Waals surface area (Å²) in [6.45, 7) is 1.97. The van der Waals surface area contributed by atoms with E-state index in [4.69, 9.17) is 17.3 Å². The zero-order valence-electron chi connectivity index (χ0n) is 11.3. The summed E-state index contributed by atoms with van der Waals surface area (Å²) in [6.07, 6.45) is 0.769. The number of hydrogen-bond donors (Lipinski definition) is 3. The molecule has 0 radical (unpaired) electrons. The molecular weight excluding hydrogens is 310 g/mol. The van der Waals surface area contributed by atoms with Crippen LogP contribution >= 0.6 is 22.9 Å². The summed E-state index contributed by atoms with van der Waals surface area (Å²) in [6, 6.07) is 7.97. The van der Waals surface area contributed by atoms with Gasteiger partial charge in [-0.2, -0.15) is 0 Å². The molecule has 0 unspecified atom stereocenters. The largest absolute Gasteiger partial charge is 0.366 e. The fourth-order valence-electron chi connectivity index (χ4n) is 1.69. The third kappa shape index (κ3) is 3.96. The quantitative estimate of drug-likeness (QED) is 0.801. The van der Waals surface area contributed by atoms with Crippen LogP contribution in [0, 0.1) is 0 Å². The maximum absolute atomic E-state index is 11.9. The van der Waals surface area contributed by atoms with E-state index in [0.717, 1.165) is 11.3 Å². The van der Waals surface area contributed by atoms with Crippen LogP contribution in [0.1, 0.15) is 22.2 Å². The van der Waals surface area contributed by atoms with Gasteiger partial charge in [0.05, 0.1) is 5.56 Å². The highest BCUT2D eigenvalue weighted by atomic mass is 35.5. The summed E-state index contributed by atoms with van der Waals surface area (Å²) < 4.78 is 0. The molecule has 2 aromatic rings. The number of urea groups is 1. The summed E-state index contributed by atoms with van der Waals surface area (Å²) in [5.74, 6) is -0.562. The summed E-state index contributed by atoms with van der Waals surface area (Å²) in [7, 11) is 0. The number of carbonyl (C=O) groups is 2. The van der Waals surface area contributed by atoms with Gasteiger partial charge in [-0.15, -0.1) is 11.3 Å². The Labute approximate surface area is 131 Å². The molecular formula is C14H14ClN3O2S. The molecule has 5 nitrogen and oxygen atoms in total. The van der Waals surface area contributed by atoms with Crippen molar-refractivity contribution in [2.75, 3.05) is 10.6 Å². The lowest BCUT2D eigenvalue weighted by Gasteiger charge is -2.07. The van der Waals surface area contributed by atoms with Gasteiger partial charge in [0, 0.05) is 15.6 Å². The van der Waals surface area contributed by atoms with E-state index in [1.54, 1.807) is 30.3 Å². The van der Waals surface area contributed by atoms with Crippen molar-refractivity contribution in [3.05, 3.63) is 45.8 Å². The fourth-order valence-corrected chi connectivity index (χ4v) is 2.81. The van der Waals surface area contributed by atoms with E-state index in [0.29, 0.717) is 21.3 Å². The highest BCUT2D eigenvalue weighted by Gasteiger charge is 2.15. The van der Waals surface area contributed by atoms with E-state index in [2.05, 4.69) is 10.6 Å². The minimum Gasteiger partial charge on any atom is -0.366 e. The Morgan fingerprint density at radius 3 is 2.48 bits per heavy atom. The average molecular weight is 324 g/mol. The summed E-state index contributed by atoms with van der Waals surface area (Å²) in [5, 5.41) is 6.34. The molecule has 1 heterocycles. The van der Waals surface area contributed by atoms with Gasteiger partial charge in [-0.1, -0.05) is 18.5 Å². The topological polar surface area (TPSA) is 84.2 Å². The number of carbonyl (C=O) groups excluding carboxylic acids is 2. The number of hydrogen-bond acceptors (Lipinski definition) is 3. The number of nitrogens with two attached hydrogens (primary N) is 1. The van der Waals surface area contributed by atoms with Crippen LogP contribution in [0.25, 0.3) is 0 Å². The second-order valence-corrected chi connectivity index (χ2v) is 5.83. The van der Waals surface area contributed by atoms with Crippen molar-refractivity contribution in [3.8, 4) is 0 Å². The molecule has 1 aromatic carbocycles. The second-order valence-electron chi connectivity index (χ2n) is 4.26. The molecule has 7 heteroatoms. The first-order chi connectivity index (χ1) is 9.99. The molecule has 0 saturated heterocycles. The van der Waals surface area contributed by atoms with Crippen LogP contribution in [0.5, 0.6) is 0 Å². The van der Waals surface area contributed by atoms with Gasteiger partial charge in [0.2, 0.25) is 0 Å². The number of anilines is 2. The first-order valence-corrected chi connectivity index (χ1v) is 7.45. The first kappa shape index (κ1) is 15.3.